The molecule has 2 heterocycles. The number of rotatable bonds is 4. The highest BCUT2D eigenvalue weighted by Crippen LogP contribution is 2.38. The van der Waals surface area contributed by atoms with Crippen LogP contribution in [-0.2, 0) is 11.0 Å². The van der Waals surface area contributed by atoms with Crippen LogP contribution in [-0.4, -0.2) is 66.9 Å². The fraction of sp³-hybridized carbons (Fsp3) is 0.650. The van der Waals surface area contributed by atoms with Crippen LogP contribution in [0.2, 0.25) is 0 Å². The van der Waals surface area contributed by atoms with E-state index in [-0.39, 0.29) is 17.5 Å². The molecule has 1 unspecified atom stereocenters. The van der Waals surface area contributed by atoms with Gasteiger partial charge in [-0.25, -0.2) is 0 Å². The second kappa shape index (κ2) is 8.79. The molecule has 3 rings (SSSR count). The maximum atomic E-state index is 13.0. The molecule has 0 spiro atoms. The summed E-state index contributed by atoms with van der Waals surface area (Å²) in [5.74, 6) is -0.0428. The molecule has 1 amide bonds. The minimum Gasteiger partial charge on any atom is -0.366 e. The fourth-order valence-corrected chi connectivity index (χ4v) is 4.32. The molecule has 0 saturated carbocycles. The van der Waals surface area contributed by atoms with E-state index in [1.165, 1.54) is 0 Å². The van der Waals surface area contributed by atoms with Gasteiger partial charge < -0.3 is 14.7 Å². The number of likely N-dealkylation sites (tertiary alicyclic amines) is 1. The van der Waals surface area contributed by atoms with Crippen LogP contribution < -0.4 is 4.90 Å². The number of alkyl halides is 3. The Hall–Kier alpha value is -2.36. The summed E-state index contributed by atoms with van der Waals surface area (Å²) in [6, 6.07) is 2.96. The zero-order valence-electron chi connectivity index (χ0n) is 17.2. The fourth-order valence-electron chi connectivity index (χ4n) is 4.32. The number of nitro benzene ring substituents is 1. The average Bonchev–Trinajstić information content (AvgIpc) is 2.72. The summed E-state index contributed by atoms with van der Waals surface area (Å²) in [7, 11) is 4.02. The monoisotopic (exact) mass is 428 g/mol. The number of nitro groups is 1. The summed E-state index contributed by atoms with van der Waals surface area (Å²) in [4.78, 5) is 29.3. The van der Waals surface area contributed by atoms with E-state index in [4.69, 9.17) is 0 Å². The third-order valence-electron chi connectivity index (χ3n) is 6.12. The smallest absolute Gasteiger partial charge is 0.366 e. The van der Waals surface area contributed by atoms with Gasteiger partial charge >= 0.3 is 6.18 Å². The quantitative estimate of drug-likeness (QED) is 0.543. The number of anilines is 1. The van der Waals surface area contributed by atoms with Gasteiger partial charge in [-0.3, -0.25) is 14.9 Å². The number of likely N-dealkylation sites (N-methyl/N-ethyl adjacent to an activating group) is 1. The number of halogens is 3. The molecular weight excluding hydrogens is 401 g/mol. The van der Waals surface area contributed by atoms with Crippen molar-refractivity contribution in [3.8, 4) is 0 Å². The maximum Gasteiger partial charge on any atom is 0.416 e. The summed E-state index contributed by atoms with van der Waals surface area (Å²) in [5.41, 5.74) is -1.42. The Labute approximate surface area is 173 Å². The second-order valence-electron chi connectivity index (χ2n) is 8.26. The van der Waals surface area contributed by atoms with Crippen molar-refractivity contribution in [3.05, 3.63) is 33.9 Å². The highest BCUT2D eigenvalue weighted by atomic mass is 19.4. The van der Waals surface area contributed by atoms with E-state index < -0.39 is 22.4 Å². The molecular formula is C20H27F3N4O3. The molecule has 166 valence electrons. The molecule has 0 bridgehead atoms. The Morgan fingerprint density at radius 3 is 2.40 bits per heavy atom. The minimum atomic E-state index is -4.64. The second-order valence-corrected chi connectivity index (χ2v) is 8.26. The van der Waals surface area contributed by atoms with Crippen LogP contribution in [0.1, 0.15) is 31.2 Å². The van der Waals surface area contributed by atoms with Crippen LogP contribution >= 0.6 is 0 Å². The van der Waals surface area contributed by atoms with Crippen molar-refractivity contribution < 1.29 is 22.9 Å². The van der Waals surface area contributed by atoms with Gasteiger partial charge in [-0.05, 0) is 51.9 Å². The van der Waals surface area contributed by atoms with Gasteiger partial charge in [0.15, 0.2) is 0 Å². The third kappa shape index (κ3) is 4.85. The molecule has 0 N–H and O–H groups in total. The first-order valence-electron chi connectivity index (χ1n) is 10.1. The highest BCUT2D eigenvalue weighted by Gasteiger charge is 2.36. The number of carbonyl (C=O) groups is 1. The lowest BCUT2D eigenvalue weighted by molar-refractivity contribution is -0.384. The van der Waals surface area contributed by atoms with Crippen molar-refractivity contribution in [3.63, 3.8) is 0 Å². The first kappa shape index (κ1) is 22.3. The minimum absolute atomic E-state index is 0.114. The van der Waals surface area contributed by atoms with Crippen molar-refractivity contribution in [1.82, 2.24) is 9.80 Å². The normalized spacial score (nSPS) is 21.2. The molecule has 2 aliphatic heterocycles. The van der Waals surface area contributed by atoms with Gasteiger partial charge in [0, 0.05) is 44.2 Å². The van der Waals surface area contributed by atoms with Gasteiger partial charge in [0.05, 0.1) is 10.5 Å². The van der Waals surface area contributed by atoms with Crippen molar-refractivity contribution in [2.75, 3.05) is 45.2 Å². The molecule has 2 fully saturated rings. The molecule has 1 aromatic carbocycles. The summed E-state index contributed by atoms with van der Waals surface area (Å²) in [6.07, 6.45) is -1.56. The van der Waals surface area contributed by atoms with E-state index >= 15 is 0 Å². The van der Waals surface area contributed by atoms with Gasteiger partial charge in [-0.2, -0.15) is 13.2 Å². The number of nitrogens with zero attached hydrogens (tertiary/aromatic N) is 4. The average molecular weight is 428 g/mol. The van der Waals surface area contributed by atoms with Crippen LogP contribution in [0.5, 0.6) is 0 Å². The van der Waals surface area contributed by atoms with E-state index in [9.17, 15) is 28.1 Å². The van der Waals surface area contributed by atoms with Gasteiger partial charge in [0.25, 0.3) is 5.69 Å². The topological polar surface area (TPSA) is 69.9 Å². The van der Waals surface area contributed by atoms with E-state index in [1.807, 2.05) is 19.0 Å². The summed E-state index contributed by atoms with van der Waals surface area (Å²) in [6.45, 7) is 2.24. The number of hydrogen-bond donors (Lipinski definition) is 0. The number of benzene rings is 1. The Bertz CT molecular complexity index is 792. The Balaban J connectivity index is 1.67. The van der Waals surface area contributed by atoms with Crippen LogP contribution in [0, 0.1) is 16.0 Å². The van der Waals surface area contributed by atoms with E-state index in [2.05, 4.69) is 4.90 Å². The zero-order chi connectivity index (χ0) is 22.1. The lowest BCUT2D eigenvalue weighted by Gasteiger charge is -2.39. The molecule has 7 nitrogen and oxygen atoms in total. The van der Waals surface area contributed by atoms with Crippen LogP contribution in [0.4, 0.5) is 24.5 Å². The third-order valence-corrected chi connectivity index (χ3v) is 6.12. The number of hydrogen-bond acceptors (Lipinski definition) is 5. The molecule has 1 atom stereocenters. The molecule has 2 saturated heterocycles. The SMILES string of the molecule is CN(C)C1CCCN(C(=O)C2CCN(c3ccc(C(F)(F)F)cc3[N+](=O)[O-])CC2)C1. The first-order valence-corrected chi connectivity index (χ1v) is 10.1. The van der Waals surface area contributed by atoms with Crippen molar-refractivity contribution >= 4 is 17.3 Å². The van der Waals surface area contributed by atoms with Crippen LogP contribution in [0.3, 0.4) is 0 Å². The molecule has 2 aliphatic rings. The summed E-state index contributed by atoms with van der Waals surface area (Å²) < 4.78 is 38.8. The standard InChI is InChI=1S/C20H27F3N4O3/c1-24(2)16-4-3-9-26(13-16)19(28)14-7-10-25(11-8-14)17-6-5-15(20(21,22)23)12-18(17)27(29)30/h5-6,12,14,16H,3-4,7-11,13H2,1-2H3. The molecule has 10 heteroatoms. The largest absolute Gasteiger partial charge is 0.416 e. The number of piperidine rings is 2. The zero-order valence-corrected chi connectivity index (χ0v) is 17.2. The number of carbonyl (C=O) groups excluding carboxylic acids is 1. The van der Waals surface area contributed by atoms with Crippen LogP contribution in [0.15, 0.2) is 18.2 Å². The van der Waals surface area contributed by atoms with Gasteiger partial charge in [-0.1, -0.05) is 0 Å². The lowest BCUT2D eigenvalue weighted by Crippen LogP contribution is -2.50. The molecule has 0 radical (unpaired) electrons. The Morgan fingerprint density at radius 2 is 1.83 bits per heavy atom. The predicted octanol–water partition coefficient (Wildman–Crippen LogP) is 3.38. The van der Waals surface area contributed by atoms with E-state index in [0.717, 1.165) is 31.5 Å². The van der Waals surface area contributed by atoms with Crippen molar-refractivity contribution in [2.45, 2.75) is 37.9 Å². The van der Waals surface area contributed by atoms with E-state index in [0.29, 0.717) is 44.6 Å². The van der Waals surface area contributed by atoms with Gasteiger partial charge in [0.1, 0.15) is 5.69 Å². The van der Waals surface area contributed by atoms with Gasteiger partial charge in [-0.15, -0.1) is 0 Å². The van der Waals surface area contributed by atoms with Crippen molar-refractivity contribution in [1.29, 1.82) is 0 Å². The Kier molecular flexibility index (Phi) is 6.54. The maximum absolute atomic E-state index is 13.0. The highest BCUT2D eigenvalue weighted by molar-refractivity contribution is 5.79. The molecule has 0 aromatic heterocycles. The molecule has 0 aliphatic carbocycles. The van der Waals surface area contributed by atoms with Gasteiger partial charge in [0.2, 0.25) is 5.91 Å². The van der Waals surface area contributed by atoms with Crippen LogP contribution in [0.25, 0.3) is 0 Å². The summed E-state index contributed by atoms with van der Waals surface area (Å²) in [5, 5.41) is 11.4. The molecule has 1 aromatic rings. The lowest BCUT2D eigenvalue weighted by atomic mass is 9.93. The predicted molar refractivity (Wildman–Crippen MR) is 106 cm³/mol. The summed E-state index contributed by atoms with van der Waals surface area (Å²) >= 11 is 0. The first-order chi connectivity index (χ1) is 14.1. The molecule has 30 heavy (non-hydrogen) atoms. The van der Waals surface area contributed by atoms with Crippen molar-refractivity contribution in [2.24, 2.45) is 5.92 Å². The number of amides is 1. The Morgan fingerprint density at radius 1 is 1.17 bits per heavy atom. The van der Waals surface area contributed by atoms with E-state index in [1.54, 1.807) is 4.90 Å².